The van der Waals surface area contributed by atoms with Crippen molar-refractivity contribution in [3.8, 4) is 11.5 Å². The number of hydrogen-bond donors (Lipinski definition) is 0. The molecule has 128 valence electrons. The van der Waals surface area contributed by atoms with E-state index < -0.39 is 0 Å². The van der Waals surface area contributed by atoms with Crippen molar-refractivity contribution in [2.45, 2.75) is 19.8 Å². The highest BCUT2D eigenvalue weighted by molar-refractivity contribution is 5.39. The molecule has 0 aliphatic rings. The second-order valence-electron chi connectivity index (χ2n) is 5.60. The number of hydrogen-bond acceptors (Lipinski definition) is 4. The molecule has 0 unspecified atom stereocenters. The van der Waals surface area contributed by atoms with Gasteiger partial charge in [-0.15, -0.1) is 0 Å². The highest BCUT2D eigenvalue weighted by Gasteiger charge is 2.09. The summed E-state index contributed by atoms with van der Waals surface area (Å²) in [6.45, 7) is 1.37. The molecule has 0 amide bonds. The molecule has 1 heterocycles. The van der Waals surface area contributed by atoms with E-state index in [2.05, 4.69) is 4.98 Å². The van der Waals surface area contributed by atoms with Crippen LogP contribution in [-0.2, 0) is 24.6 Å². The molecule has 3 aromatic rings. The van der Waals surface area contributed by atoms with E-state index in [9.17, 15) is 0 Å². The number of nitrogens with zero attached hydrogens (tertiary/aromatic N) is 1. The Labute approximate surface area is 148 Å². The Morgan fingerprint density at radius 3 is 1.84 bits per heavy atom. The molecular formula is C21H21NO3. The van der Waals surface area contributed by atoms with E-state index in [1.54, 1.807) is 13.3 Å². The quantitative estimate of drug-likeness (QED) is 0.612. The van der Waals surface area contributed by atoms with Gasteiger partial charge in [0.2, 0.25) is 0 Å². The summed E-state index contributed by atoms with van der Waals surface area (Å²) in [6, 6.07) is 21.9. The van der Waals surface area contributed by atoms with Crippen LogP contribution in [0.4, 0.5) is 0 Å². The van der Waals surface area contributed by atoms with Crippen LogP contribution in [0.15, 0.2) is 72.9 Å². The van der Waals surface area contributed by atoms with Crippen molar-refractivity contribution in [3.63, 3.8) is 0 Å². The maximum absolute atomic E-state index is 5.98. The lowest BCUT2D eigenvalue weighted by Crippen LogP contribution is -2.03. The van der Waals surface area contributed by atoms with E-state index in [0.717, 1.165) is 16.8 Å². The van der Waals surface area contributed by atoms with Crippen LogP contribution in [0.3, 0.4) is 0 Å². The molecule has 3 rings (SSSR count). The van der Waals surface area contributed by atoms with Crippen LogP contribution in [0.2, 0.25) is 0 Å². The number of ether oxygens (including phenoxy) is 3. The fourth-order valence-corrected chi connectivity index (χ4v) is 2.38. The number of rotatable bonds is 8. The summed E-state index contributed by atoms with van der Waals surface area (Å²) in [7, 11) is 1.64. The average molecular weight is 335 g/mol. The first kappa shape index (κ1) is 17.0. The molecule has 0 radical (unpaired) electrons. The van der Waals surface area contributed by atoms with Crippen LogP contribution in [0.5, 0.6) is 11.5 Å². The Bertz CT molecular complexity index is 776. The minimum absolute atomic E-state index is 0.431. The second-order valence-corrected chi connectivity index (χ2v) is 5.60. The molecule has 1 aromatic heterocycles. The van der Waals surface area contributed by atoms with Crippen LogP contribution in [0.1, 0.15) is 16.8 Å². The molecule has 0 saturated heterocycles. The van der Waals surface area contributed by atoms with Gasteiger partial charge in [0.25, 0.3) is 0 Å². The minimum atomic E-state index is 0.431. The van der Waals surface area contributed by atoms with Crippen molar-refractivity contribution < 1.29 is 14.2 Å². The molecule has 0 saturated carbocycles. The summed E-state index contributed by atoms with van der Waals surface area (Å²) in [5, 5.41) is 0. The normalized spacial score (nSPS) is 10.4. The van der Waals surface area contributed by atoms with Gasteiger partial charge in [-0.3, -0.25) is 4.98 Å². The standard InChI is InChI=1S/C21H21NO3/c1-23-16-19-12-20(24-14-17-8-4-2-5-9-17)21(13-22-19)25-15-18-10-6-3-7-11-18/h2-13H,14-16H2,1H3. The van der Waals surface area contributed by atoms with E-state index in [-0.39, 0.29) is 0 Å². The van der Waals surface area contributed by atoms with Gasteiger partial charge in [0.05, 0.1) is 18.5 Å². The fraction of sp³-hybridized carbons (Fsp3) is 0.190. The maximum atomic E-state index is 5.98. The van der Waals surface area contributed by atoms with Crippen LogP contribution in [0, 0.1) is 0 Å². The van der Waals surface area contributed by atoms with Crippen LogP contribution >= 0.6 is 0 Å². The van der Waals surface area contributed by atoms with Gasteiger partial charge in [-0.2, -0.15) is 0 Å². The third-order valence-corrected chi connectivity index (χ3v) is 3.65. The van der Waals surface area contributed by atoms with Crippen LogP contribution in [-0.4, -0.2) is 12.1 Å². The Morgan fingerprint density at radius 2 is 1.28 bits per heavy atom. The Morgan fingerprint density at radius 1 is 0.720 bits per heavy atom. The maximum Gasteiger partial charge on any atom is 0.179 e. The summed E-state index contributed by atoms with van der Waals surface area (Å²) in [5.41, 5.74) is 3.00. The van der Waals surface area contributed by atoms with Gasteiger partial charge in [0.15, 0.2) is 11.5 Å². The molecule has 0 fully saturated rings. The van der Waals surface area contributed by atoms with E-state index in [0.29, 0.717) is 31.3 Å². The van der Waals surface area contributed by atoms with Gasteiger partial charge in [-0.25, -0.2) is 0 Å². The molecule has 0 N–H and O–H groups in total. The summed E-state index contributed by atoms with van der Waals surface area (Å²) in [6.07, 6.45) is 1.69. The minimum Gasteiger partial charge on any atom is -0.485 e. The van der Waals surface area contributed by atoms with Gasteiger partial charge in [-0.05, 0) is 11.1 Å². The number of aromatic nitrogens is 1. The largest absolute Gasteiger partial charge is 0.485 e. The van der Waals surface area contributed by atoms with Crippen LogP contribution in [0.25, 0.3) is 0 Å². The molecule has 4 heteroatoms. The first-order valence-electron chi connectivity index (χ1n) is 8.16. The molecule has 2 aromatic carbocycles. The number of methoxy groups -OCH3 is 1. The highest BCUT2D eigenvalue weighted by atomic mass is 16.5. The molecule has 0 aliphatic heterocycles. The van der Waals surface area contributed by atoms with Crippen molar-refractivity contribution in [2.75, 3.05) is 7.11 Å². The predicted molar refractivity (Wildman–Crippen MR) is 96.5 cm³/mol. The number of benzene rings is 2. The lowest BCUT2D eigenvalue weighted by atomic mass is 10.2. The zero-order valence-corrected chi connectivity index (χ0v) is 14.2. The molecule has 0 spiro atoms. The molecule has 0 bridgehead atoms. The average Bonchev–Trinajstić information content (AvgIpc) is 2.67. The summed E-state index contributed by atoms with van der Waals surface area (Å²) >= 11 is 0. The van der Waals surface area contributed by atoms with E-state index >= 15 is 0 Å². The van der Waals surface area contributed by atoms with Gasteiger partial charge in [0, 0.05) is 13.2 Å². The smallest absolute Gasteiger partial charge is 0.179 e. The van der Waals surface area contributed by atoms with Crippen molar-refractivity contribution in [1.82, 2.24) is 4.98 Å². The Kier molecular flexibility index (Phi) is 6.01. The van der Waals surface area contributed by atoms with Gasteiger partial charge < -0.3 is 14.2 Å². The lowest BCUT2D eigenvalue weighted by Gasteiger charge is -2.14. The summed E-state index contributed by atoms with van der Waals surface area (Å²) in [4.78, 5) is 4.37. The molecule has 0 aliphatic carbocycles. The fourth-order valence-electron chi connectivity index (χ4n) is 2.38. The van der Waals surface area contributed by atoms with E-state index in [4.69, 9.17) is 14.2 Å². The number of pyridine rings is 1. The SMILES string of the molecule is COCc1cc(OCc2ccccc2)c(OCc2ccccc2)cn1. The predicted octanol–water partition coefficient (Wildman–Crippen LogP) is 4.39. The van der Waals surface area contributed by atoms with Gasteiger partial charge in [-0.1, -0.05) is 60.7 Å². The zero-order valence-electron chi connectivity index (χ0n) is 14.2. The summed E-state index contributed by atoms with van der Waals surface area (Å²) < 4.78 is 17.1. The van der Waals surface area contributed by atoms with E-state index in [1.165, 1.54) is 0 Å². The topological polar surface area (TPSA) is 40.6 Å². The van der Waals surface area contributed by atoms with Gasteiger partial charge >= 0.3 is 0 Å². The lowest BCUT2D eigenvalue weighted by molar-refractivity contribution is 0.180. The molecule has 4 nitrogen and oxygen atoms in total. The molecule has 0 atom stereocenters. The highest BCUT2D eigenvalue weighted by Crippen LogP contribution is 2.29. The Hall–Kier alpha value is -2.85. The second kappa shape index (κ2) is 8.85. The zero-order chi connectivity index (χ0) is 17.3. The first-order chi connectivity index (χ1) is 12.3. The molecular weight excluding hydrogens is 314 g/mol. The monoisotopic (exact) mass is 335 g/mol. The third-order valence-electron chi connectivity index (χ3n) is 3.65. The molecule has 25 heavy (non-hydrogen) atoms. The van der Waals surface area contributed by atoms with Gasteiger partial charge in [0.1, 0.15) is 13.2 Å². The van der Waals surface area contributed by atoms with E-state index in [1.807, 2.05) is 66.7 Å². The van der Waals surface area contributed by atoms with Crippen molar-refractivity contribution in [2.24, 2.45) is 0 Å². The third kappa shape index (κ3) is 5.06. The van der Waals surface area contributed by atoms with Crippen molar-refractivity contribution >= 4 is 0 Å². The summed E-state index contributed by atoms with van der Waals surface area (Å²) in [5.74, 6) is 1.29. The Balaban J connectivity index is 1.73. The van der Waals surface area contributed by atoms with Crippen LogP contribution < -0.4 is 9.47 Å². The first-order valence-corrected chi connectivity index (χ1v) is 8.16. The van der Waals surface area contributed by atoms with Crippen molar-refractivity contribution in [3.05, 3.63) is 89.7 Å². The van der Waals surface area contributed by atoms with Crippen molar-refractivity contribution in [1.29, 1.82) is 0 Å².